The molecule has 30 heavy (non-hydrogen) atoms. The highest BCUT2D eigenvalue weighted by molar-refractivity contribution is 5.85. The van der Waals surface area contributed by atoms with Crippen LogP contribution < -0.4 is 10.4 Å². The summed E-state index contributed by atoms with van der Waals surface area (Å²) in [5, 5.41) is 11.8. The first kappa shape index (κ1) is 20.9. The molecule has 6 heteroatoms. The quantitative estimate of drug-likeness (QED) is 0.775. The highest BCUT2D eigenvalue weighted by Gasteiger charge is 2.44. The number of benzene rings is 1. The molecule has 2 fully saturated rings. The molecule has 162 valence electrons. The smallest absolute Gasteiger partial charge is 0.336 e. The van der Waals surface area contributed by atoms with Gasteiger partial charge in [0.2, 0.25) is 0 Å². The van der Waals surface area contributed by atoms with Gasteiger partial charge in [0.05, 0.1) is 5.60 Å². The summed E-state index contributed by atoms with van der Waals surface area (Å²) in [6.07, 6.45) is 4.71. The number of hydrogen-bond donors (Lipinski definition) is 1. The first-order valence-corrected chi connectivity index (χ1v) is 11.1. The molecule has 1 saturated heterocycles. The summed E-state index contributed by atoms with van der Waals surface area (Å²) in [6.45, 7) is 6.76. The van der Waals surface area contributed by atoms with Crippen LogP contribution in [0.4, 0.5) is 0 Å². The number of carbonyl (C=O) groups excluding carboxylic acids is 1. The van der Waals surface area contributed by atoms with E-state index in [4.69, 9.17) is 9.15 Å². The molecule has 2 aromatic rings. The van der Waals surface area contributed by atoms with Gasteiger partial charge in [-0.3, -0.25) is 4.79 Å². The van der Waals surface area contributed by atoms with E-state index in [1.54, 1.807) is 6.92 Å². The Kier molecular flexibility index (Phi) is 5.62. The minimum absolute atomic E-state index is 0.0640. The monoisotopic (exact) mass is 413 g/mol. The Morgan fingerprint density at radius 2 is 2.17 bits per heavy atom. The first-order valence-electron chi connectivity index (χ1n) is 11.1. The third-order valence-corrected chi connectivity index (χ3v) is 6.97. The topological polar surface area (TPSA) is 80.0 Å². The standard InChI is InChI=1S/C24H31NO5/c1-4-17-13-21(26)30-22-15(2)20(9-8-19(17)22)29-16(3)23(27)25-12-11-24(28)10-6-5-7-18(24)14-25/h8-9,13,16,18,28H,4-7,10-12,14H2,1-3H3/t16?,18-,24-/m0/s1. The molecule has 1 N–H and O–H groups in total. The molecule has 1 amide bonds. The Hall–Kier alpha value is -2.34. The maximum Gasteiger partial charge on any atom is 0.336 e. The van der Waals surface area contributed by atoms with E-state index < -0.39 is 11.7 Å². The van der Waals surface area contributed by atoms with Crippen molar-refractivity contribution in [1.82, 2.24) is 4.90 Å². The summed E-state index contributed by atoms with van der Waals surface area (Å²) in [5.41, 5.74) is 1.19. The molecular formula is C24H31NO5. The number of fused-ring (bicyclic) bond motifs is 2. The average molecular weight is 414 g/mol. The molecule has 1 unspecified atom stereocenters. The van der Waals surface area contributed by atoms with E-state index in [2.05, 4.69) is 0 Å². The highest BCUT2D eigenvalue weighted by Crippen LogP contribution is 2.40. The molecule has 6 nitrogen and oxygen atoms in total. The molecule has 2 aliphatic rings. The number of carbonyl (C=O) groups is 1. The third-order valence-electron chi connectivity index (χ3n) is 6.97. The third kappa shape index (κ3) is 3.73. The van der Waals surface area contributed by atoms with Gasteiger partial charge in [0.25, 0.3) is 5.91 Å². The first-order chi connectivity index (χ1) is 14.3. The number of likely N-dealkylation sites (tertiary alicyclic amines) is 1. The summed E-state index contributed by atoms with van der Waals surface area (Å²) >= 11 is 0. The van der Waals surface area contributed by atoms with E-state index >= 15 is 0 Å². The molecular weight excluding hydrogens is 382 g/mol. The Morgan fingerprint density at radius 3 is 2.93 bits per heavy atom. The van der Waals surface area contributed by atoms with Gasteiger partial charge >= 0.3 is 5.63 Å². The second-order valence-electron chi connectivity index (χ2n) is 8.85. The number of hydrogen-bond acceptors (Lipinski definition) is 5. The van der Waals surface area contributed by atoms with Crippen molar-refractivity contribution in [1.29, 1.82) is 0 Å². The van der Waals surface area contributed by atoms with Gasteiger partial charge in [-0.15, -0.1) is 0 Å². The van der Waals surface area contributed by atoms with Crippen molar-refractivity contribution in [2.24, 2.45) is 5.92 Å². The molecule has 0 radical (unpaired) electrons. The van der Waals surface area contributed by atoms with Crippen molar-refractivity contribution < 1.29 is 19.1 Å². The maximum absolute atomic E-state index is 13.1. The average Bonchev–Trinajstić information content (AvgIpc) is 2.74. The maximum atomic E-state index is 13.1. The van der Waals surface area contributed by atoms with Crippen LogP contribution in [-0.4, -0.2) is 40.7 Å². The summed E-state index contributed by atoms with van der Waals surface area (Å²) < 4.78 is 11.5. The van der Waals surface area contributed by atoms with Crippen LogP contribution in [0.25, 0.3) is 11.0 Å². The van der Waals surface area contributed by atoms with Gasteiger partial charge in [-0.05, 0) is 57.2 Å². The van der Waals surface area contributed by atoms with E-state index in [0.29, 0.717) is 30.8 Å². The van der Waals surface area contributed by atoms with Crippen LogP contribution in [0, 0.1) is 12.8 Å². The molecule has 1 aromatic carbocycles. The van der Waals surface area contributed by atoms with Crippen LogP contribution in [0.2, 0.25) is 0 Å². The molecule has 1 aliphatic heterocycles. The molecule has 4 rings (SSSR count). The van der Waals surface area contributed by atoms with Gasteiger partial charge in [0.1, 0.15) is 11.3 Å². The van der Waals surface area contributed by atoms with Crippen molar-refractivity contribution in [3.05, 3.63) is 39.7 Å². The number of aryl methyl sites for hydroxylation is 2. The van der Waals surface area contributed by atoms with Gasteiger partial charge in [0, 0.05) is 36.0 Å². The predicted octanol–water partition coefficient (Wildman–Crippen LogP) is 3.58. The molecule has 1 saturated carbocycles. The highest BCUT2D eigenvalue weighted by atomic mass is 16.5. The van der Waals surface area contributed by atoms with Crippen LogP contribution in [0.1, 0.15) is 57.1 Å². The van der Waals surface area contributed by atoms with Gasteiger partial charge < -0.3 is 19.2 Å². The zero-order valence-corrected chi connectivity index (χ0v) is 18.1. The Bertz CT molecular complexity index is 1010. The lowest BCUT2D eigenvalue weighted by Crippen LogP contribution is -2.56. The van der Waals surface area contributed by atoms with Crippen molar-refractivity contribution in [2.45, 2.75) is 71.0 Å². The number of piperidine rings is 1. The van der Waals surface area contributed by atoms with Crippen molar-refractivity contribution in [2.75, 3.05) is 13.1 Å². The zero-order valence-electron chi connectivity index (χ0n) is 18.1. The van der Waals surface area contributed by atoms with Crippen LogP contribution in [0.5, 0.6) is 5.75 Å². The number of aliphatic hydroxyl groups is 1. The summed E-state index contributed by atoms with van der Waals surface area (Å²) in [5.74, 6) is 0.636. The minimum Gasteiger partial charge on any atom is -0.480 e. The molecule has 1 aliphatic carbocycles. The fourth-order valence-corrected chi connectivity index (χ4v) is 5.10. The zero-order chi connectivity index (χ0) is 21.5. The fourth-order valence-electron chi connectivity index (χ4n) is 5.10. The fraction of sp³-hybridized carbons (Fsp3) is 0.583. The van der Waals surface area contributed by atoms with E-state index in [9.17, 15) is 14.7 Å². The largest absolute Gasteiger partial charge is 0.480 e. The molecule has 3 atom stereocenters. The lowest BCUT2D eigenvalue weighted by molar-refractivity contribution is -0.149. The minimum atomic E-state index is -0.656. The second-order valence-corrected chi connectivity index (χ2v) is 8.85. The Balaban J connectivity index is 1.51. The van der Waals surface area contributed by atoms with Crippen LogP contribution in [0.15, 0.2) is 27.4 Å². The van der Waals surface area contributed by atoms with Gasteiger partial charge in [-0.2, -0.15) is 0 Å². The summed E-state index contributed by atoms with van der Waals surface area (Å²) in [7, 11) is 0. The van der Waals surface area contributed by atoms with Gasteiger partial charge in [0.15, 0.2) is 6.10 Å². The number of amides is 1. The number of nitrogens with zero attached hydrogens (tertiary/aromatic N) is 1. The van der Waals surface area contributed by atoms with Crippen molar-refractivity contribution in [3.63, 3.8) is 0 Å². The van der Waals surface area contributed by atoms with Gasteiger partial charge in [-0.1, -0.05) is 19.8 Å². The van der Waals surface area contributed by atoms with Gasteiger partial charge in [-0.25, -0.2) is 4.79 Å². The van der Waals surface area contributed by atoms with E-state index in [1.165, 1.54) is 6.07 Å². The molecule has 1 aromatic heterocycles. The second kappa shape index (κ2) is 8.06. The summed E-state index contributed by atoms with van der Waals surface area (Å²) in [4.78, 5) is 26.8. The number of ether oxygens (including phenoxy) is 1. The Morgan fingerprint density at radius 1 is 1.37 bits per heavy atom. The predicted molar refractivity (Wildman–Crippen MR) is 115 cm³/mol. The van der Waals surface area contributed by atoms with E-state index in [1.807, 2.05) is 30.9 Å². The molecule has 0 bridgehead atoms. The Labute approximate surface area is 176 Å². The van der Waals surface area contributed by atoms with E-state index in [0.717, 1.165) is 48.6 Å². The van der Waals surface area contributed by atoms with Crippen molar-refractivity contribution in [3.8, 4) is 5.75 Å². The lowest BCUT2D eigenvalue weighted by atomic mass is 9.71. The lowest BCUT2D eigenvalue weighted by Gasteiger charge is -2.47. The molecule has 2 heterocycles. The van der Waals surface area contributed by atoms with Crippen LogP contribution in [0.3, 0.4) is 0 Å². The van der Waals surface area contributed by atoms with Crippen LogP contribution >= 0.6 is 0 Å². The number of rotatable bonds is 4. The SMILES string of the molecule is CCc1cc(=O)oc2c(C)c(OC(C)C(=O)N3CC[C@@]4(O)CCCC[C@H]4C3)ccc12. The molecule has 0 spiro atoms. The summed E-state index contributed by atoms with van der Waals surface area (Å²) in [6, 6.07) is 5.26. The van der Waals surface area contributed by atoms with Crippen LogP contribution in [-0.2, 0) is 11.2 Å². The normalized spacial score (nSPS) is 25.1. The van der Waals surface area contributed by atoms with Crippen molar-refractivity contribution >= 4 is 16.9 Å². The van der Waals surface area contributed by atoms with E-state index in [-0.39, 0.29) is 17.5 Å².